The molecule has 0 saturated heterocycles. The molecule has 102 valence electrons. The predicted octanol–water partition coefficient (Wildman–Crippen LogP) is 1.59. The van der Waals surface area contributed by atoms with Gasteiger partial charge in [0.2, 0.25) is 0 Å². The summed E-state index contributed by atoms with van der Waals surface area (Å²) < 4.78 is 1.80. The van der Waals surface area contributed by atoms with Crippen LogP contribution < -0.4 is 10.2 Å². The van der Waals surface area contributed by atoms with Crippen LogP contribution in [-0.4, -0.2) is 33.3 Å². The van der Waals surface area contributed by atoms with E-state index < -0.39 is 0 Å². The third kappa shape index (κ3) is 3.43. The minimum Gasteiger partial charge on any atom is -0.370 e. The number of nitrogens with one attached hydrogen (secondary N) is 1. The molecule has 2 aromatic heterocycles. The van der Waals surface area contributed by atoms with Gasteiger partial charge in [0, 0.05) is 45.0 Å². The molecule has 0 aliphatic carbocycles. The highest BCUT2D eigenvalue weighted by molar-refractivity contribution is 5.49. The molecule has 2 aromatic rings. The normalized spacial score (nSPS) is 10.5. The lowest BCUT2D eigenvalue weighted by molar-refractivity contribution is 0.766. The third-order valence-corrected chi connectivity index (χ3v) is 2.75. The standard InChI is InChI=1S/C13H20N6/c1-5-14-12-6-13(17-10(2)16-12)18(3)8-11-7-15-19(4)9-11/h6-7,9H,5,8H2,1-4H3,(H,14,16,17). The molecule has 0 atom stereocenters. The first-order valence-electron chi connectivity index (χ1n) is 6.36. The quantitative estimate of drug-likeness (QED) is 0.884. The number of nitrogens with zero attached hydrogens (tertiary/aromatic N) is 5. The Morgan fingerprint density at radius 2 is 2.16 bits per heavy atom. The van der Waals surface area contributed by atoms with E-state index in [1.165, 1.54) is 0 Å². The molecule has 0 unspecified atom stereocenters. The monoisotopic (exact) mass is 260 g/mol. The summed E-state index contributed by atoms with van der Waals surface area (Å²) in [7, 11) is 3.94. The summed E-state index contributed by atoms with van der Waals surface area (Å²) in [6, 6.07) is 1.97. The van der Waals surface area contributed by atoms with E-state index in [0.29, 0.717) is 0 Å². The van der Waals surface area contributed by atoms with Gasteiger partial charge in [-0.15, -0.1) is 0 Å². The van der Waals surface area contributed by atoms with Crippen LogP contribution >= 0.6 is 0 Å². The average molecular weight is 260 g/mol. The Morgan fingerprint density at radius 1 is 1.37 bits per heavy atom. The molecule has 0 radical (unpaired) electrons. The van der Waals surface area contributed by atoms with Crippen molar-refractivity contribution in [2.75, 3.05) is 23.8 Å². The molecule has 0 spiro atoms. The predicted molar refractivity (Wildman–Crippen MR) is 76.2 cm³/mol. The maximum absolute atomic E-state index is 4.47. The van der Waals surface area contributed by atoms with Crippen molar-refractivity contribution in [1.82, 2.24) is 19.7 Å². The molecular weight excluding hydrogens is 240 g/mol. The summed E-state index contributed by atoms with van der Waals surface area (Å²) in [6.07, 6.45) is 3.88. The molecule has 0 bridgehead atoms. The lowest BCUT2D eigenvalue weighted by atomic mass is 10.3. The Bertz CT molecular complexity index is 548. The molecule has 1 N–H and O–H groups in total. The van der Waals surface area contributed by atoms with Crippen LogP contribution in [0, 0.1) is 6.92 Å². The number of anilines is 2. The Balaban J connectivity index is 2.15. The van der Waals surface area contributed by atoms with Gasteiger partial charge in [0.25, 0.3) is 0 Å². The second-order valence-electron chi connectivity index (χ2n) is 4.57. The fourth-order valence-corrected chi connectivity index (χ4v) is 1.93. The summed E-state index contributed by atoms with van der Waals surface area (Å²) in [5.74, 6) is 2.54. The molecule has 2 rings (SSSR count). The van der Waals surface area contributed by atoms with Gasteiger partial charge in [-0.25, -0.2) is 9.97 Å². The van der Waals surface area contributed by atoms with Crippen molar-refractivity contribution in [3.63, 3.8) is 0 Å². The summed E-state index contributed by atoms with van der Waals surface area (Å²) in [5.41, 5.74) is 1.16. The Morgan fingerprint density at radius 3 is 2.79 bits per heavy atom. The first-order valence-corrected chi connectivity index (χ1v) is 6.36. The van der Waals surface area contributed by atoms with Crippen LogP contribution in [0.5, 0.6) is 0 Å². The highest BCUT2D eigenvalue weighted by atomic mass is 15.2. The summed E-state index contributed by atoms with van der Waals surface area (Å²) in [4.78, 5) is 10.9. The van der Waals surface area contributed by atoms with Gasteiger partial charge in [0.05, 0.1) is 6.20 Å². The van der Waals surface area contributed by atoms with Crippen LogP contribution in [0.25, 0.3) is 0 Å². The number of aromatic nitrogens is 4. The van der Waals surface area contributed by atoms with E-state index in [0.717, 1.165) is 36.1 Å². The van der Waals surface area contributed by atoms with E-state index in [1.807, 2.05) is 39.5 Å². The van der Waals surface area contributed by atoms with Crippen molar-refractivity contribution in [2.24, 2.45) is 7.05 Å². The van der Waals surface area contributed by atoms with Crippen LogP contribution in [0.3, 0.4) is 0 Å². The fourth-order valence-electron chi connectivity index (χ4n) is 1.93. The topological polar surface area (TPSA) is 58.9 Å². The second kappa shape index (κ2) is 5.69. The van der Waals surface area contributed by atoms with Gasteiger partial charge in [0.15, 0.2) is 0 Å². The number of rotatable bonds is 5. The second-order valence-corrected chi connectivity index (χ2v) is 4.57. The Kier molecular flexibility index (Phi) is 3.99. The molecule has 0 aliphatic rings. The highest BCUT2D eigenvalue weighted by Crippen LogP contribution is 2.16. The van der Waals surface area contributed by atoms with E-state index in [4.69, 9.17) is 0 Å². The Hall–Kier alpha value is -2.11. The van der Waals surface area contributed by atoms with E-state index >= 15 is 0 Å². The van der Waals surface area contributed by atoms with E-state index in [9.17, 15) is 0 Å². The molecule has 6 nitrogen and oxygen atoms in total. The lowest BCUT2D eigenvalue weighted by Crippen LogP contribution is -2.18. The molecule has 0 amide bonds. The molecule has 0 saturated carbocycles. The molecule has 2 heterocycles. The highest BCUT2D eigenvalue weighted by Gasteiger charge is 2.08. The zero-order chi connectivity index (χ0) is 13.8. The third-order valence-electron chi connectivity index (χ3n) is 2.75. The van der Waals surface area contributed by atoms with E-state index in [-0.39, 0.29) is 0 Å². The molecule has 6 heteroatoms. The number of hydrogen-bond donors (Lipinski definition) is 1. The molecule has 19 heavy (non-hydrogen) atoms. The van der Waals surface area contributed by atoms with E-state index in [1.54, 1.807) is 4.68 Å². The lowest BCUT2D eigenvalue weighted by Gasteiger charge is -2.18. The van der Waals surface area contributed by atoms with E-state index in [2.05, 4.69) is 32.2 Å². The first-order chi connectivity index (χ1) is 9.08. The number of hydrogen-bond acceptors (Lipinski definition) is 5. The van der Waals surface area contributed by atoms with Gasteiger partial charge in [-0.3, -0.25) is 4.68 Å². The van der Waals surface area contributed by atoms with Gasteiger partial charge in [-0.1, -0.05) is 0 Å². The molecule has 0 aliphatic heterocycles. The summed E-state index contributed by atoms with van der Waals surface area (Å²) >= 11 is 0. The van der Waals surface area contributed by atoms with Crippen molar-refractivity contribution in [3.05, 3.63) is 29.8 Å². The van der Waals surface area contributed by atoms with Crippen LogP contribution in [0.2, 0.25) is 0 Å². The average Bonchev–Trinajstić information content (AvgIpc) is 2.74. The van der Waals surface area contributed by atoms with Crippen molar-refractivity contribution >= 4 is 11.6 Å². The zero-order valence-corrected chi connectivity index (χ0v) is 11.9. The largest absolute Gasteiger partial charge is 0.370 e. The maximum atomic E-state index is 4.47. The van der Waals surface area contributed by atoms with Gasteiger partial charge in [0.1, 0.15) is 17.5 Å². The van der Waals surface area contributed by atoms with Gasteiger partial charge in [-0.05, 0) is 13.8 Å². The van der Waals surface area contributed by atoms with Crippen LogP contribution in [0.1, 0.15) is 18.3 Å². The first kappa shape index (κ1) is 13.3. The van der Waals surface area contributed by atoms with Crippen LogP contribution in [0.4, 0.5) is 11.6 Å². The smallest absolute Gasteiger partial charge is 0.134 e. The fraction of sp³-hybridized carbons (Fsp3) is 0.462. The maximum Gasteiger partial charge on any atom is 0.134 e. The molecular formula is C13H20N6. The van der Waals surface area contributed by atoms with Crippen molar-refractivity contribution in [1.29, 1.82) is 0 Å². The minimum atomic E-state index is 0.770. The van der Waals surface area contributed by atoms with Crippen molar-refractivity contribution < 1.29 is 0 Å². The van der Waals surface area contributed by atoms with Crippen LogP contribution in [-0.2, 0) is 13.6 Å². The zero-order valence-electron chi connectivity index (χ0n) is 11.9. The SMILES string of the molecule is CCNc1cc(N(C)Cc2cnn(C)c2)nc(C)n1. The summed E-state index contributed by atoms with van der Waals surface area (Å²) in [5, 5.41) is 7.39. The number of aryl methyl sites for hydroxylation is 2. The Labute approximate surface area is 113 Å². The van der Waals surface area contributed by atoms with Gasteiger partial charge >= 0.3 is 0 Å². The van der Waals surface area contributed by atoms with Crippen molar-refractivity contribution in [3.8, 4) is 0 Å². The molecule has 0 fully saturated rings. The molecule has 0 aromatic carbocycles. The van der Waals surface area contributed by atoms with Gasteiger partial charge in [-0.2, -0.15) is 5.10 Å². The van der Waals surface area contributed by atoms with Gasteiger partial charge < -0.3 is 10.2 Å². The van der Waals surface area contributed by atoms with Crippen LogP contribution in [0.15, 0.2) is 18.5 Å². The summed E-state index contributed by atoms with van der Waals surface area (Å²) in [6.45, 7) is 5.58. The van der Waals surface area contributed by atoms with Crippen molar-refractivity contribution in [2.45, 2.75) is 20.4 Å². The minimum absolute atomic E-state index is 0.770.